The average molecular weight is 378 g/mol. The molecule has 0 radical (unpaired) electrons. The van der Waals surface area contributed by atoms with Crippen LogP contribution in [0.4, 0.5) is 0 Å². The van der Waals surface area contributed by atoms with Gasteiger partial charge in [-0.3, -0.25) is 14.4 Å². The number of rotatable bonds is 4. The second-order valence-corrected chi connectivity index (χ2v) is 5.02. The summed E-state index contributed by atoms with van der Waals surface area (Å²) in [5, 5.41) is 22.2. The van der Waals surface area contributed by atoms with Crippen LogP contribution in [-0.4, -0.2) is 33.2 Å². The number of benzene rings is 2. The molecule has 0 atom stereocenters. The summed E-state index contributed by atoms with van der Waals surface area (Å²) in [6, 6.07) is 20.4. The van der Waals surface area contributed by atoms with Crippen LogP contribution in [0.2, 0.25) is 0 Å². The van der Waals surface area contributed by atoms with Gasteiger partial charge in [-0.25, -0.2) is 0 Å². The fraction of sp³-hybridized carbons (Fsp3) is 0.250. The van der Waals surface area contributed by atoms with E-state index in [0.29, 0.717) is 13.2 Å². The van der Waals surface area contributed by atoms with Crippen LogP contribution in [0.15, 0.2) is 60.7 Å². The molecule has 2 rings (SSSR count). The van der Waals surface area contributed by atoms with Crippen molar-refractivity contribution in [1.82, 2.24) is 0 Å². The standard InChI is InChI=1S/C14H14O.3C2H4O2/c1-3-7-13(8-4-1)11-15-12-14-9-5-2-6-10-14;3*1-2(3)4/h1-10H,11-12H2;3*1H3,(H,3,4). The molecule has 2 aromatic rings. The maximum absolute atomic E-state index is 9.00. The molecule has 7 nitrogen and oxygen atoms in total. The molecule has 0 unspecified atom stereocenters. The molecule has 0 fully saturated rings. The number of carbonyl (C=O) groups is 3. The monoisotopic (exact) mass is 378 g/mol. The summed E-state index contributed by atoms with van der Waals surface area (Å²) >= 11 is 0. The summed E-state index contributed by atoms with van der Waals surface area (Å²) in [4.78, 5) is 27.0. The van der Waals surface area contributed by atoms with Crippen molar-refractivity contribution in [3.05, 3.63) is 71.8 Å². The first-order valence-corrected chi connectivity index (χ1v) is 7.89. The average Bonchev–Trinajstić information content (AvgIpc) is 2.55. The predicted octanol–water partition coefficient (Wildman–Crippen LogP) is 3.68. The third kappa shape index (κ3) is 27.9. The molecule has 148 valence electrons. The molecule has 3 N–H and O–H groups in total. The summed E-state index contributed by atoms with van der Waals surface area (Å²) in [6.45, 7) is 4.60. The molecule has 0 aromatic heterocycles. The fourth-order valence-corrected chi connectivity index (χ4v) is 1.44. The van der Waals surface area contributed by atoms with Crippen molar-refractivity contribution in [2.75, 3.05) is 0 Å². The van der Waals surface area contributed by atoms with Crippen LogP contribution < -0.4 is 0 Å². The lowest BCUT2D eigenvalue weighted by atomic mass is 10.2. The highest BCUT2D eigenvalue weighted by Gasteiger charge is 1.93. The second kappa shape index (κ2) is 17.6. The molecule has 0 amide bonds. The first-order valence-electron chi connectivity index (χ1n) is 7.89. The fourth-order valence-electron chi connectivity index (χ4n) is 1.44. The molecule has 0 saturated heterocycles. The molecular weight excluding hydrogens is 352 g/mol. The highest BCUT2D eigenvalue weighted by atomic mass is 16.5. The molecule has 0 saturated carbocycles. The Bertz CT molecular complexity index is 560. The van der Waals surface area contributed by atoms with Gasteiger partial charge in [0.25, 0.3) is 17.9 Å². The minimum absolute atomic E-state index is 0.676. The molecule has 2 aromatic carbocycles. The van der Waals surface area contributed by atoms with Crippen molar-refractivity contribution in [1.29, 1.82) is 0 Å². The maximum Gasteiger partial charge on any atom is 0.300 e. The van der Waals surface area contributed by atoms with Gasteiger partial charge in [-0.1, -0.05) is 60.7 Å². The molecule has 0 aliphatic carbocycles. The highest BCUT2D eigenvalue weighted by Crippen LogP contribution is 2.05. The number of hydrogen-bond donors (Lipinski definition) is 3. The Morgan fingerprint density at radius 1 is 0.630 bits per heavy atom. The van der Waals surface area contributed by atoms with Gasteiger partial charge in [-0.05, 0) is 11.1 Å². The Morgan fingerprint density at radius 2 is 0.852 bits per heavy atom. The van der Waals surface area contributed by atoms with Crippen LogP contribution in [0.25, 0.3) is 0 Å². The number of carboxylic acids is 3. The van der Waals surface area contributed by atoms with Gasteiger partial charge in [0.05, 0.1) is 13.2 Å². The maximum atomic E-state index is 9.00. The van der Waals surface area contributed by atoms with E-state index in [0.717, 1.165) is 20.8 Å². The molecular formula is C20H26O7. The van der Waals surface area contributed by atoms with Crippen molar-refractivity contribution in [3.8, 4) is 0 Å². The zero-order chi connectivity index (χ0) is 21.1. The highest BCUT2D eigenvalue weighted by molar-refractivity contribution is 5.63. The van der Waals surface area contributed by atoms with Crippen molar-refractivity contribution in [2.45, 2.75) is 34.0 Å². The van der Waals surface area contributed by atoms with E-state index < -0.39 is 17.9 Å². The number of carboxylic acid groups (broad SMARTS) is 3. The van der Waals surface area contributed by atoms with E-state index in [4.69, 9.17) is 34.4 Å². The van der Waals surface area contributed by atoms with Crippen molar-refractivity contribution >= 4 is 17.9 Å². The smallest absolute Gasteiger partial charge is 0.300 e. The van der Waals surface area contributed by atoms with E-state index in [-0.39, 0.29) is 0 Å². The number of aliphatic carboxylic acids is 3. The Morgan fingerprint density at radius 3 is 1.07 bits per heavy atom. The third-order valence-electron chi connectivity index (χ3n) is 2.22. The Labute approximate surface area is 158 Å². The van der Waals surface area contributed by atoms with E-state index in [1.165, 1.54) is 11.1 Å². The van der Waals surface area contributed by atoms with Crippen LogP contribution in [0.5, 0.6) is 0 Å². The zero-order valence-corrected chi connectivity index (χ0v) is 15.7. The first kappa shape index (κ1) is 26.0. The molecule has 7 heteroatoms. The number of hydrogen-bond acceptors (Lipinski definition) is 4. The third-order valence-corrected chi connectivity index (χ3v) is 2.22. The van der Waals surface area contributed by atoms with E-state index in [1.54, 1.807) is 0 Å². The minimum Gasteiger partial charge on any atom is -0.481 e. The largest absolute Gasteiger partial charge is 0.481 e. The summed E-state index contributed by atoms with van der Waals surface area (Å²) in [5.74, 6) is -2.50. The summed E-state index contributed by atoms with van der Waals surface area (Å²) < 4.78 is 5.61. The Kier molecular flexibility index (Phi) is 17.0. The van der Waals surface area contributed by atoms with Crippen LogP contribution in [0.3, 0.4) is 0 Å². The lowest BCUT2D eigenvalue weighted by Gasteiger charge is -2.03. The van der Waals surface area contributed by atoms with Crippen molar-refractivity contribution < 1.29 is 34.4 Å². The molecule has 0 bridgehead atoms. The zero-order valence-electron chi connectivity index (χ0n) is 15.7. The molecule has 27 heavy (non-hydrogen) atoms. The SMILES string of the molecule is CC(=O)O.CC(=O)O.CC(=O)O.c1ccc(COCc2ccccc2)cc1. The van der Waals surface area contributed by atoms with Gasteiger partial charge in [0.2, 0.25) is 0 Å². The Balaban J connectivity index is 0. The lowest BCUT2D eigenvalue weighted by molar-refractivity contribution is -0.135. The molecule has 0 aliphatic heterocycles. The van der Waals surface area contributed by atoms with Crippen LogP contribution in [0, 0.1) is 0 Å². The topological polar surface area (TPSA) is 121 Å². The second-order valence-electron chi connectivity index (χ2n) is 5.02. The normalized spacial score (nSPS) is 8.41. The van der Waals surface area contributed by atoms with Crippen molar-refractivity contribution in [2.24, 2.45) is 0 Å². The predicted molar refractivity (Wildman–Crippen MR) is 101 cm³/mol. The lowest BCUT2D eigenvalue weighted by Crippen LogP contribution is -1.93. The van der Waals surface area contributed by atoms with E-state index in [2.05, 4.69) is 24.3 Å². The molecule has 0 spiro atoms. The minimum atomic E-state index is -0.833. The van der Waals surface area contributed by atoms with Crippen LogP contribution in [0.1, 0.15) is 31.9 Å². The van der Waals surface area contributed by atoms with E-state index in [1.807, 2.05) is 36.4 Å². The van der Waals surface area contributed by atoms with Gasteiger partial charge >= 0.3 is 0 Å². The summed E-state index contributed by atoms with van der Waals surface area (Å²) in [5.41, 5.74) is 2.43. The van der Waals surface area contributed by atoms with E-state index in [9.17, 15) is 0 Å². The summed E-state index contributed by atoms with van der Waals surface area (Å²) in [6.07, 6.45) is 0. The first-order chi connectivity index (χ1) is 12.6. The van der Waals surface area contributed by atoms with Crippen LogP contribution >= 0.6 is 0 Å². The molecule has 0 heterocycles. The van der Waals surface area contributed by atoms with Gasteiger partial charge in [-0.15, -0.1) is 0 Å². The van der Waals surface area contributed by atoms with E-state index >= 15 is 0 Å². The van der Waals surface area contributed by atoms with Crippen LogP contribution in [-0.2, 0) is 32.3 Å². The van der Waals surface area contributed by atoms with Crippen molar-refractivity contribution in [3.63, 3.8) is 0 Å². The summed E-state index contributed by atoms with van der Waals surface area (Å²) in [7, 11) is 0. The van der Waals surface area contributed by atoms with Gasteiger partial charge in [0.15, 0.2) is 0 Å². The molecule has 0 aliphatic rings. The van der Waals surface area contributed by atoms with Gasteiger partial charge in [-0.2, -0.15) is 0 Å². The Hall–Kier alpha value is -3.19. The van der Waals surface area contributed by atoms with Gasteiger partial charge in [0, 0.05) is 20.8 Å². The number of ether oxygens (including phenoxy) is 1. The van der Waals surface area contributed by atoms with Gasteiger partial charge in [0.1, 0.15) is 0 Å². The quantitative estimate of drug-likeness (QED) is 0.742. The van der Waals surface area contributed by atoms with Gasteiger partial charge < -0.3 is 20.1 Å².